The van der Waals surface area contributed by atoms with Crippen LogP contribution in [0.3, 0.4) is 0 Å². The number of carboxylic acids is 1. The average Bonchev–Trinajstić information content (AvgIpc) is 2.39. The van der Waals surface area contributed by atoms with E-state index >= 15 is 0 Å². The second kappa shape index (κ2) is 7.22. The molecule has 0 heterocycles. The summed E-state index contributed by atoms with van der Waals surface area (Å²) < 4.78 is 0. The van der Waals surface area contributed by atoms with E-state index in [4.69, 9.17) is 0 Å². The number of rotatable bonds is 6. The minimum absolute atomic E-state index is 0.0220. The molecule has 0 saturated heterocycles. The molecule has 0 radical (unpaired) electrons. The molecule has 116 valence electrons. The fourth-order valence-electron chi connectivity index (χ4n) is 2.38. The number of amides is 1. The summed E-state index contributed by atoms with van der Waals surface area (Å²) in [7, 11) is 0. The van der Waals surface area contributed by atoms with Gasteiger partial charge in [0.1, 0.15) is 0 Å². The molecular formula is C16H23NO4. The number of carbonyl (C=O) groups excluding carboxylic acids is 1. The van der Waals surface area contributed by atoms with Gasteiger partial charge in [0.2, 0.25) is 0 Å². The van der Waals surface area contributed by atoms with Crippen molar-refractivity contribution in [1.29, 1.82) is 0 Å². The Hall–Kier alpha value is -1.88. The number of carbonyl (C=O) groups is 2. The van der Waals surface area contributed by atoms with Gasteiger partial charge in [-0.25, -0.2) is 4.79 Å². The molecule has 5 heteroatoms. The van der Waals surface area contributed by atoms with Gasteiger partial charge in [0.05, 0.1) is 23.8 Å². The summed E-state index contributed by atoms with van der Waals surface area (Å²) in [6, 6.07) is 3.04. The van der Waals surface area contributed by atoms with Gasteiger partial charge in [-0.3, -0.25) is 4.79 Å². The molecule has 0 saturated carbocycles. The minimum Gasteiger partial charge on any atom is -0.478 e. The Morgan fingerprint density at radius 3 is 2.10 bits per heavy atom. The van der Waals surface area contributed by atoms with Crippen LogP contribution in [0, 0.1) is 19.8 Å². The van der Waals surface area contributed by atoms with Crippen LogP contribution in [0.1, 0.15) is 52.1 Å². The van der Waals surface area contributed by atoms with E-state index in [1.54, 1.807) is 26.0 Å². The largest absolute Gasteiger partial charge is 0.478 e. The van der Waals surface area contributed by atoms with E-state index in [0.29, 0.717) is 23.5 Å². The standard InChI is InChI=1S/C16H23NO4/c1-9(2)7-12(8-18)17-15(19)13-10(3)5-6-11(4)14(13)16(20)21/h5-6,9,12,18H,7-8H2,1-4H3,(H,17,19)(H,20,21). The molecule has 1 aromatic carbocycles. The lowest BCUT2D eigenvalue weighted by Gasteiger charge is -2.20. The molecule has 1 aromatic rings. The zero-order chi connectivity index (χ0) is 16.2. The Morgan fingerprint density at radius 1 is 1.14 bits per heavy atom. The summed E-state index contributed by atoms with van der Waals surface area (Å²) in [5, 5.41) is 21.4. The second-order valence-corrected chi connectivity index (χ2v) is 5.74. The van der Waals surface area contributed by atoms with Gasteiger partial charge in [-0.15, -0.1) is 0 Å². The van der Waals surface area contributed by atoms with Gasteiger partial charge in [0, 0.05) is 0 Å². The first-order valence-corrected chi connectivity index (χ1v) is 7.03. The number of aryl methyl sites for hydroxylation is 2. The highest BCUT2D eigenvalue weighted by molar-refractivity contribution is 6.06. The summed E-state index contributed by atoms with van der Waals surface area (Å²) >= 11 is 0. The topological polar surface area (TPSA) is 86.6 Å². The van der Waals surface area contributed by atoms with E-state index in [1.807, 2.05) is 13.8 Å². The van der Waals surface area contributed by atoms with Crippen molar-refractivity contribution >= 4 is 11.9 Å². The summed E-state index contributed by atoms with van der Waals surface area (Å²) in [5.41, 5.74) is 1.35. The molecule has 0 spiro atoms. The Morgan fingerprint density at radius 2 is 1.67 bits per heavy atom. The highest BCUT2D eigenvalue weighted by atomic mass is 16.4. The zero-order valence-electron chi connectivity index (χ0n) is 12.9. The SMILES string of the molecule is Cc1ccc(C)c(C(=O)NC(CO)CC(C)C)c1C(=O)O. The molecule has 0 bridgehead atoms. The van der Waals surface area contributed by atoms with Crippen molar-refractivity contribution in [3.05, 3.63) is 34.4 Å². The third-order valence-corrected chi connectivity index (χ3v) is 3.37. The van der Waals surface area contributed by atoms with Gasteiger partial charge in [0.25, 0.3) is 5.91 Å². The second-order valence-electron chi connectivity index (χ2n) is 5.74. The van der Waals surface area contributed by atoms with Crippen molar-refractivity contribution in [2.45, 2.75) is 40.2 Å². The number of aliphatic hydroxyl groups is 1. The van der Waals surface area contributed by atoms with Crippen LogP contribution in [0.25, 0.3) is 0 Å². The number of hydrogen-bond donors (Lipinski definition) is 3. The molecule has 1 atom stereocenters. The number of hydrogen-bond acceptors (Lipinski definition) is 3. The van der Waals surface area contributed by atoms with E-state index in [-0.39, 0.29) is 23.8 Å². The molecule has 1 amide bonds. The van der Waals surface area contributed by atoms with E-state index in [1.165, 1.54) is 0 Å². The number of benzene rings is 1. The van der Waals surface area contributed by atoms with Gasteiger partial charge in [-0.05, 0) is 37.3 Å². The molecule has 0 aliphatic heterocycles. The first kappa shape index (κ1) is 17.2. The normalized spacial score (nSPS) is 12.3. The average molecular weight is 293 g/mol. The Balaban J connectivity index is 3.12. The smallest absolute Gasteiger partial charge is 0.336 e. The third-order valence-electron chi connectivity index (χ3n) is 3.37. The van der Waals surface area contributed by atoms with E-state index in [0.717, 1.165) is 0 Å². The Labute approximate surface area is 125 Å². The fraction of sp³-hybridized carbons (Fsp3) is 0.500. The van der Waals surface area contributed by atoms with Crippen molar-refractivity contribution in [1.82, 2.24) is 5.32 Å². The predicted molar refractivity (Wildman–Crippen MR) is 80.7 cm³/mol. The quantitative estimate of drug-likeness (QED) is 0.750. The molecule has 21 heavy (non-hydrogen) atoms. The molecule has 1 unspecified atom stereocenters. The van der Waals surface area contributed by atoms with Crippen LogP contribution in [0.5, 0.6) is 0 Å². The van der Waals surface area contributed by atoms with Gasteiger partial charge in [-0.1, -0.05) is 26.0 Å². The number of carboxylic acid groups (broad SMARTS) is 1. The van der Waals surface area contributed by atoms with E-state index in [9.17, 15) is 19.8 Å². The highest BCUT2D eigenvalue weighted by Gasteiger charge is 2.23. The Bertz CT molecular complexity index is 537. The Kier molecular flexibility index (Phi) is 5.90. The summed E-state index contributed by atoms with van der Waals surface area (Å²) in [6.45, 7) is 7.19. The van der Waals surface area contributed by atoms with Gasteiger partial charge in [0.15, 0.2) is 0 Å². The van der Waals surface area contributed by atoms with Crippen molar-refractivity contribution in [3.63, 3.8) is 0 Å². The third kappa shape index (κ3) is 4.29. The maximum absolute atomic E-state index is 12.4. The molecule has 1 rings (SSSR count). The van der Waals surface area contributed by atoms with Gasteiger partial charge < -0.3 is 15.5 Å². The van der Waals surface area contributed by atoms with Crippen LogP contribution in [0.15, 0.2) is 12.1 Å². The van der Waals surface area contributed by atoms with Crippen molar-refractivity contribution < 1.29 is 19.8 Å². The molecule has 0 aliphatic rings. The fourth-order valence-corrected chi connectivity index (χ4v) is 2.38. The molecule has 0 fully saturated rings. The van der Waals surface area contributed by atoms with Crippen LogP contribution in [0.4, 0.5) is 0 Å². The maximum atomic E-state index is 12.4. The van der Waals surface area contributed by atoms with E-state index in [2.05, 4.69) is 5.32 Å². The lowest BCUT2D eigenvalue weighted by molar-refractivity contribution is 0.0688. The van der Waals surface area contributed by atoms with Crippen molar-refractivity contribution in [3.8, 4) is 0 Å². The van der Waals surface area contributed by atoms with E-state index < -0.39 is 11.9 Å². The zero-order valence-corrected chi connectivity index (χ0v) is 12.9. The van der Waals surface area contributed by atoms with Gasteiger partial charge in [-0.2, -0.15) is 0 Å². The molecule has 5 nitrogen and oxygen atoms in total. The van der Waals surface area contributed by atoms with Crippen molar-refractivity contribution in [2.24, 2.45) is 5.92 Å². The van der Waals surface area contributed by atoms with Crippen molar-refractivity contribution in [2.75, 3.05) is 6.61 Å². The summed E-state index contributed by atoms with van der Waals surface area (Å²) in [4.78, 5) is 23.8. The molecule has 3 N–H and O–H groups in total. The summed E-state index contributed by atoms with van der Waals surface area (Å²) in [5.74, 6) is -1.25. The lowest BCUT2D eigenvalue weighted by Crippen LogP contribution is -2.39. The first-order valence-electron chi connectivity index (χ1n) is 7.03. The van der Waals surface area contributed by atoms with Gasteiger partial charge >= 0.3 is 5.97 Å². The van der Waals surface area contributed by atoms with Crippen LogP contribution in [0.2, 0.25) is 0 Å². The molecule has 0 aromatic heterocycles. The van der Waals surface area contributed by atoms with Crippen LogP contribution in [-0.2, 0) is 0 Å². The lowest BCUT2D eigenvalue weighted by atomic mass is 9.96. The van der Waals surface area contributed by atoms with Crippen LogP contribution >= 0.6 is 0 Å². The molecule has 0 aliphatic carbocycles. The van der Waals surface area contributed by atoms with Crippen LogP contribution < -0.4 is 5.32 Å². The number of aliphatic hydroxyl groups excluding tert-OH is 1. The first-order chi connectivity index (χ1) is 9.77. The minimum atomic E-state index is -1.12. The molecular weight excluding hydrogens is 270 g/mol. The number of nitrogens with one attached hydrogen (secondary N) is 1. The number of aromatic carboxylic acids is 1. The predicted octanol–water partition coefficient (Wildman–Crippen LogP) is 2.14. The highest BCUT2D eigenvalue weighted by Crippen LogP contribution is 2.19. The summed E-state index contributed by atoms with van der Waals surface area (Å²) in [6.07, 6.45) is 0.634. The van der Waals surface area contributed by atoms with Crippen LogP contribution in [-0.4, -0.2) is 34.7 Å². The monoisotopic (exact) mass is 293 g/mol. The maximum Gasteiger partial charge on any atom is 0.336 e.